The summed E-state index contributed by atoms with van der Waals surface area (Å²) in [6.45, 7) is 0.297. The van der Waals surface area contributed by atoms with Crippen molar-refractivity contribution in [2.24, 2.45) is 0 Å². The van der Waals surface area contributed by atoms with Gasteiger partial charge in [-0.15, -0.1) is 0 Å². The third-order valence-corrected chi connectivity index (χ3v) is 2.24. The lowest BCUT2D eigenvalue weighted by atomic mass is 10.1. The van der Waals surface area contributed by atoms with Gasteiger partial charge in [0.1, 0.15) is 12.4 Å². The predicted molar refractivity (Wildman–Crippen MR) is 60.3 cm³/mol. The Kier molecular flexibility index (Phi) is 5.85. The van der Waals surface area contributed by atoms with Crippen molar-refractivity contribution in [3.05, 3.63) is 29.8 Å². The average molecular weight is 226 g/mol. The van der Waals surface area contributed by atoms with Crippen LogP contribution in [-0.4, -0.2) is 35.1 Å². The van der Waals surface area contributed by atoms with Crippen LogP contribution in [0.1, 0.15) is 24.5 Å². The van der Waals surface area contributed by atoms with E-state index >= 15 is 0 Å². The van der Waals surface area contributed by atoms with E-state index in [2.05, 4.69) is 0 Å². The summed E-state index contributed by atoms with van der Waals surface area (Å²) >= 11 is 0. The Hall–Kier alpha value is -1.10. The van der Waals surface area contributed by atoms with E-state index in [1.807, 2.05) is 6.07 Å². The maximum absolute atomic E-state index is 9.79. The lowest BCUT2D eigenvalue weighted by Gasteiger charge is -2.12. The number of aliphatic hydroxyl groups excluding tert-OH is 3. The van der Waals surface area contributed by atoms with Crippen molar-refractivity contribution in [3.63, 3.8) is 0 Å². The molecule has 16 heavy (non-hydrogen) atoms. The molecule has 1 rings (SSSR count). The van der Waals surface area contributed by atoms with Crippen LogP contribution in [0.5, 0.6) is 5.75 Å². The van der Waals surface area contributed by atoms with Crippen LogP contribution in [0.4, 0.5) is 0 Å². The molecule has 0 bridgehead atoms. The first-order chi connectivity index (χ1) is 7.77. The zero-order chi connectivity index (χ0) is 11.8. The van der Waals surface area contributed by atoms with Crippen LogP contribution in [0.15, 0.2) is 24.3 Å². The van der Waals surface area contributed by atoms with E-state index in [1.54, 1.807) is 18.2 Å². The number of benzene rings is 1. The van der Waals surface area contributed by atoms with Crippen LogP contribution < -0.4 is 4.74 Å². The first kappa shape index (κ1) is 13.0. The summed E-state index contributed by atoms with van der Waals surface area (Å²) in [5.41, 5.74) is 0.767. The Labute approximate surface area is 95.1 Å². The first-order valence-electron chi connectivity index (χ1n) is 5.40. The minimum absolute atomic E-state index is 0.0305. The number of ether oxygens (including phenoxy) is 1. The molecule has 0 aromatic heterocycles. The molecular formula is C12H18O4. The molecule has 0 heterocycles. The van der Waals surface area contributed by atoms with Crippen LogP contribution in [-0.2, 0) is 0 Å². The average Bonchev–Trinajstić information content (AvgIpc) is 2.33. The summed E-state index contributed by atoms with van der Waals surface area (Å²) in [6, 6.07) is 7.13. The lowest BCUT2D eigenvalue weighted by Crippen LogP contribution is -2.03. The molecule has 1 atom stereocenters. The fraction of sp³-hybridized carbons (Fsp3) is 0.500. The molecule has 0 radical (unpaired) electrons. The molecule has 4 nitrogen and oxygen atoms in total. The molecule has 0 aliphatic heterocycles. The first-order valence-corrected chi connectivity index (χ1v) is 5.40. The maximum atomic E-state index is 9.79. The quantitative estimate of drug-likeness (QED) is 0.645. The number of aliphatic hydroxyl groups is 3. The van der Waals surface area contributed by atoms with Crippen LogP contribution in [0.2, 0.25) is 0 Å². The Morgan fingerprint density at radius 1 is 1.19 bits per heavy atom. The zero-order valence-corrected chi connectivity index (χ0v) is 9.17. The number of hydrogen-bond acceptors (Lipinski definition) is 4. The number of hydrogen-bond donors (Lipinski definition) is 3. The molecule has 0 saturated carbocycles. The minimum atomic E-state index is -0.579. The Morgan fingerprint density at radius 3 is 2.69 bits per heavy atom. The van der Waals surface area contributed by atoms with Gasteiger partial charge < -0.3 is 20.1 Å². The second-order valence-electron chi connectivity index (χ2n) is 3.53. The van der Waals surface area contributed by atoms with E-state index < -0.39 is 6.10 Å². The lowest BCUT2D eigenvalue weighted by molar-refractivity contribution is 0.151. The van der Waals surface area contributed by atoms with Crippen LogP contribution in [0, 0.1) is 0 Å². The molecule has 0 unspecified atom stereocenters. The van der Waals surface area contributed by atoms with Gasteiger partial charge in [0.25, 0.3) is 0 Å². The van der Waals surface area contributed by atoms with E-state index in [0.717, 1.165) is 5.56 Å². The molecule has 0 spiro atoms. The summed E-state index contributed by atoms with van der Waals surface area (Å²) in [5.74, 6) is 0.634. The van der Waals surface area contributed by atoms with Gasteiger partial charge in [-0.25, -0.2) is 0 Å². The van der Waals surface area contributed by atoms with Gasteiger partial charge in [-0.1, -0.05) is 12.1 Å². The van der Waals surface area contributed by atoms with Crippen molar-refractivity contribution in [2.75, 3.05) is 19.8 Å². The zero-order valence-electron chi connectivity index (χ0n) is 9.17. The fourth-order valence-corrected chi connectivity index (χ4v) is 1.43. The van der Waals surface area contributed by atoms with Crippen molar-refractivity contribution >= 4 is 0 Å². The van der Waals surface area contributed by atoms with Gasteiger partial charge in [-0.2, -0.15) is 0 Å². The van der Waals surface area contributed by atoms with Gasteiger partial charge in [-0.05, 0) is 30.5 Å². The van der Waals surface area contributed by atoms with E-state index in [4.69, 9.17) is 14.9 Å². The fourth-order valence-electron chi connectivity index (χ4n) is 1.43. The summed E-state index contributed by atoms with van der Waals surface area (Å²) in [5, 5.41) is 27.1. The molecular weight excluding hydrogens is 208 g/mol. The second kappa shape index (κ2) is 7.22. The molecule has 1 aromatic rings. The third-order valence-electron chi connectivity index (χ3n) is 2.24. The summed E-state index contributed by atoms with van der Waals surface area (Å²) < 4.78 is 5.24. The van der Waals surface area contributed by atoms with E-state index in [1.165, 1.54) is 0 Å². The summed E-state index contributed by atoms with van der Waals surface area (Å²) in [7, 11) is 0. The van der Waals surface area contributed by atoms with E-state index in [9.17, 15) is 5.11 Å². The highest BCUT2D eigenvalue weighted by Gasteiger charge is 2.07. The van der Waals surface area contributed by atoms with Gasteiger partial charge in [-0.3, -0.25) is 0 Å². The van der Waals surface area contributed by atoms with E-state index in [-0.39, 0.29) is 19.8 Å². The highest BCUT2D eigenvalue weighted by atomic mass is 16.5. The molecule has 90 valence electrons. The predicted octanol–water partition coefficient (Wildman–Crippen LogP) is 0.864. The Balaban J connectivity index is 2.58. The second-order valence-corrected chi connectivity index (χ2v) is 3.53. The van der Waals surface area contributed by atoms with Crippen molar-refractivity contribution in [2.45, 2.75) is 18.9 Å². The van der Waals surface area contributed by atoms with Crippen molar-refractivity contribution < 1.29 is 20.1 Å². The van der Waals surface area contributed by atoms with Gasteiger partial charge in [0.15, 0.2) is 0 Å². The van der Waals surface area contributed by atoms with Crippen LogP contribution in [0.3, 0.4) is 0 Å². The standard InChI is InChI=1S/C12H18O4/c13-6-2-5-12(15)10-3-1-4-11(9-10)16-8-7-14/h1,3-4,9,12-15H,2,5-8H2/t12-/m0/s1. The molecule has 0 aliphatic rings. The molecule has 0 fully saturated rings. The van der Waals surface area contributed by atoms with Gasteiger partial charge in [0.05, 0.1) is 12.7 Å². The smallest absolute Gasteiger partial charge is 0.119 e. The molecule has 1 aromatic carbocycles. The molecule has 0 amide bonds. The van der Waals surface area contributed by atoms with Crippen LogP contribution in [0.25, 0.3) is 0 Å². The topological polar surface area (TPSA) is 69.9 Å². The van der Waals surface area contributed by atoms with Crippen molar-refractivity contribution in [1.29, 1.82) is 0 Å². The van der Waals surface area contributed by atoms with Crippen molar-refractivity contribution in [3.8, 4) is 5.75 Å². The SMILES string of the molecule is OCCC[C@H](O)c1cccc(OCCO)c1. The molecule has 0 aliphatic carbocycles. The molecule has 3 N–H and O–H groups in total. The monoisotopic (exact) mass is 226 g/mol. The van der Waals surface area contributed by atoms with E-state index in [0.29, 0.717) is 18.6 Å². The Morgan fingerprint density at radius 2 is 2.00 bits per heavy atom. The molecule has 0 saturated heterocycles. The highest BCUT2D eigenvalue weighted by Crippen LogP contribution is 2.22. The van der Waals surface area contributed by atoms with Gasteiger partial charge in [0.2, 0.25) is 0 Å². The third kappa shape index (κ3) is 4.18. The normalized spacial score (nSPS) is 12.4. The highest BCUT2D eigenvalue weighted by molar-refractivity contribution is 5.29. The summed E-state index contributed by atoms with van der Waals surface area (Å²) in [6.07, 6.45) is 0.521. The minimum Gasteiger partial charge on any atom is -0.491 e. The summed E-state index contributed by atoms with van der Waals surface area (Å²) in [4.78, 5) is 0. The molecule has 4 heteroatoms. The van der Waals surface area contributed by atoms with Crippen molar-refractivity contribution in [1.82, 2.24) is 0 Å². The maximum Gasteiger partial charge on any atom is 0.119 e. The largest absolute Gasteiger partial charge is 0.491 e. The Bertz CT molecular complexity index is 301. The van der Waals surface area contributed by atoms with Crippen LogP contribution >= 0.6 is 0 Å². The van der Waals surface area contributed by atoms with Gasteiger partial charge >= 0.3 is 0 Å². The number of rotatable bonds is 7. The van der Waals surface area contributed by atoms with Gasteiger partial charge in [0, 0.05) is 6.61 Å².